The number of carbonyl (C=O) groups is 1. The molecule has 1 saturated heterocycles. The van der Waals surface area contributed by atoms with E-state index in [1.807, 2.05) is 36.4 Å². The lowest BCUT2D eigenvalue weighted by molar-refractivity contribution is -0.116. The normalized spacial score (nSPS) is 19.6. The van der Waals surface area contributed by atoms with Crippen LogP contribution in [0.3, 0.4) is 0 Å². The van der Waals surface area contributed by atoms with Crippen LogP contribution >= 0.6 is 0 Å². The fourth-order valence-corrected chi connectivity index (χ4v) is 3.38. The summed E-state index contributed by atoms with van der Waals surface area (Å²) in [6, 6.07) is 16.2. The second-order valence-electron chi connectivity index (χ2n) is 7.05. The zero-order valence-corrected chi connectivity index (χ0v) is 16.3. The van der Waals surface area contributed by atoms with Gasteiger partial charge >= 0.3 is 0 Å². The Hall–Kier alpha value is -2.53. The molecule has 1 fully saturated rings. The van der Waals surface area contributed by atoms with Crippen LogP contribution in [-0.4, -0.2) is 38.3 Å². The molecule has 0 saturated carbocycles. The van der Waals surface area contributed by atoms with Crippen LogP contribution in [0.4, 0.5) is 11.4 Å². The molecule has 3 rings (SSSR count). The van der Waals surface area contributed by atoms with Crippen molar-refractivity contribution in [2.45, 2.75) is 38.8 Å². The Kier molecular flexibility index (Phi) is 6.35. The molecule has 5 heteroatoms. The van der Waals surface area contributed by atoms with Crippen molar-refractivity contribution in [3.63, 3.8) is 0 Å². The van der Waals surface area contributed by atoms with Crippen molar-refractivity contribution in [3.8, 4) is 5.75 Å². The summed E-state index contributed by atoms with van der Waals surface area (Å²) in [5, 5.41) is 2.98. The number of hydrogen-bond donors (Lipinski definition) is 1. The minimum atomic E-state index is 0.00187. The number of aryl methyl sites for hydroxylation is 1. The number of benzene rings is 2. The fraction of sp³-hybridized carbons (Fsp3) is 0.409. The lowest BCUT2D eigenvalue weighted by atomic mass is 10.1. The summed E-state index contributed by atoms with van der Waals surface area (Å²) in [4.78, 5) is 14.6. The van der Waals surface area contributed by atoms with E-state index in [4.69, 9.17) is 9.47 Å². The van der Waals surface area contributed by atoms with Crippen LogP contribution in [0, 0.1) is 0 Å². The molecule has 1 heterocycles. The number of hydrogen-bond acceptors (Lipinski definition) is 4. The number of nitrogens with one attached hydrogen (secondary N) is 1. The number of para-hydroxylation sites is 1. The molecule has 0 aliphatic carbocycles. The van der Waals surface area contributed by atoms with Crippen molar-refractivity contribution in [1.29, 1.82) is 0 Å². The number of nitrogens with zero attached hydrogens (tertiary/aromatic N) is 1. The molecule has 2 atom stereocenters. The summed E-state index contributed by atoms with van der Waals surface area (Å²) in [6.45, 7) is 5.88. The van der Waals surface area contributed by atoms with Gasteiger partial charge in [-0.15, -0.1) is 0 Å². The smallest absolute Gasteiger partial charge is 0.224 e. The van der Waals surface area contributed by atoms with Crippen LogP contribution in [0.25, 0.3) is 0 Å². The maximum absolute atomic E-state index is 12.3. The Morgan fingerprint density at radius 1 is 1.19 bits per heavy atom. The summed E-state index contributed by atoms with van der Waals surface area (Å²) < 4.78 is 11.0. The van der Waals surface area contributed by atoms with Crippen LogP contribution in [-0.2, 0) is 16.0 Å². The lowest BCUT2D eigenvalue weighted by Crippen LogP contribution is -2.47. The number of carbonyl (C=O) groups excluding carboxylic acids is 1. The highest BCUT2D eigenvalue weighted by atomic mass is 16.5. The zero-order chi connectivity index (χ0) is 19.2. The van der Waals surface area contributed by atoms with Gasteiger partial charge in [0.05, 0.1) is 19.8 Å². The predicted molar refractivity (Wildman–Crippen MR) is 109 cm³/mol. The van der Waals surface area contributed by atoms with E-state index >= 15 is 0 Å². The average Bonchev–Trinajstić information content (AvgIpc) is 2.69. The molecule has 0 spiro atoms. The quantitative estimate of drug-likeness (QED) is 0.841. The van der Waals surface area contributed by atoms with E-state index in [1.54, 1.807) is 7.11 Å². The van der Waals surface area contributed by atoms with Gasteiger partial charge in [-0.3, -0.25) is 4.79 Å². The van der Waals surface area contributed by atoms with Gasteiger partial charge in [0, 0.05) is 30.4 Å². The summed E-state index contributed by atoms with van der Waals surface area (Å²) in [7, 11) is 1.65. The largest absolute Gasteiger partial charge is 0.496 e. The van der Waals surface area contributed by atoms with E-state index in [9.17, 15) is 4.79 Å². The van der Waals surface area contributed by atoms with Gasteiger partial charge in [0.15, 0.2) is 0 Å². The molecule has 2 unspecified atom stereocenters. The first-order valence-corrected chi connectivity index (χ1v) is 9.47. The molecule has 27 heavy (non-hydrogen) atoms. The van der Waals surface area contributed by atoms with Gasteiger partial charge in [-0.1, -0.05) is 18.2 Å². The summed E-state index contributed by atoms with van der Waals surface area (Å²) >= 11 is 0. The molecular formula is C22H28N2O3. The van der Waals surface area contributed by atoms with Crippen molar-refractivity contribution in [3.05, 3.63) is 54.1 Å². The SMILES string of the molecule is COc1ccccc1CCC(=O)Nc1ccc(N2CC(C)OCC2C)cc1. The highest BCUT2D eigenvalue weighted by Crippen LogP contribution is 2.24. The molecule has 2 aromatic carbocycles. The third-order valence-electron chi connectivity index (χ3n) is 4.90. The molecule has 1 N–H and O–H groups in total. The minimum Gasteiger partial charge on any atom is -0.496 e. The molecule has 1 aliphatic rings. The highest BCUT2D eigenvalue weighted by Gasteiger charge is 2.23. The number of anilines is 2. The standard InChI is InChI=1S/C22H28N2O3/c1-16-15-27-17(2)14-24(16)20-11-9-19(10-12-20)23-22(25)13-8-18-6-4-5-7-21(18)26-3/h4-7,9-12,16-17H,8,13-15H2,1-3H3,(H,23,25). The van der Waals surface area contributed by atoms with Crippen LogP contribution in [0.5, 0.6) is 5.75 Å². The van der Waals surface area contributed by atoms with Crippen molar-refractivity contribution >= 4 is 17.3 Å². The van der Waals surface area contributed by atoms with Crippen LogP contribution < -0.4 is 15.0 Å². The van der Waals surface area contributed by atoms with Crippen molar-refractivity contribution in [2.24, 2.45) is 0 Å². The molecule has 144 valence electrons. The van der Waals surface area contributed by atoms with Gasteiger partial charge in [-0.05, 0) is 56.2 Å². The Morgan fingerprint density at radius 3 is 2.67 bits per heavy atom. The Bertz CT molecular complexity index is 760. The number of morpholine rings is 1. The maximum atomic E-state index is 12.3. The monoisotopic (exact) mass is 368 g/mol. The topological polar surface area (TPSA) is 50.8 Å². The van der Waals surface area contributed by atoms with Crippen LogP contribution in [0.15, 0.2) is 48.5 Å². The van der Waals surface area contributed by atoms with Crippen molar-refractivity contribution < 1.29 is 14.3 Å². The molecule has 1 aliphatic heterocycles. The highest BCUT2D eigenvalue weighted by molar-refractivity contribution is 5.91. The predicted octanol–water partition coefficient (Wildman–Crippen LogP) is 3.88. The first-order valence-electron chi connectivity index (χ1n) is 9.47. The fourth-order valence-electron chi connectivity index (χ4n) is 3.38. The molecule has 0 bridgehead atoms. The van der Waals surface area contributed by atoms with E-state index in [2.05, 4.69) is 36.2 Å². The van der Waals surface area contributed by atoms with E-state index in [0.717, 1.165) is 35.8 Å². The van der Waals surface area contributed by atoms with Crippen molar-refractivity contribution in [2.75, 3.05) is 30.5 Å². The molecule has 5 nitrogen and oxygen atoms in total. The Labute approximate surface area is 161 Å². The summed E-state index contributed by atoms with van der Waals surface area (Å²) in [6.07, 6.45) is 1.30. The van der Waals surface area contributed by atoms with Crippen LogP contribution in [0.1, 0.15) is 25.8 Å². The number of ether oxygens (including phenoxy) is 2. The molecular weight excluding hydrogens is 340 g/mol. The second-order valence-corrected chi connectivity index (χ2v) is 7.05. The average molecular weight is 368 g/mol. The van der Waals surface area contributed by atoms with E-state index in [1.165, 1.54) is 0 Å². The first-order chi connectivity index (χ1) is 13.1. The molecule has 1 amide bonds. The lowest BCUT2D eigenvalue weighted by Gasteiger charge is -2.38. The number of amides is 1. The maximum Gasteiger partial charge on any atom is 0.224 e. The third kappa shape index (κ3) is 5.01. The van der Waals surface area contributed by atoms with Crippen molar-refractivity contribution in [1.82, 2.24) is 0 Å². The van der Waals surface area contributed by atoms with Gasteiger partial charge in [-0.25, -0.2) is 0 Å². The summed E-state index contributed by atoms with van der Waals surface area (Å²) in [5.41, 5.74) is 3.02. The van der Waals surface area contributed by atoms with Crippen LogP contribution in [0.2, 0.25) is 0 Å². The Morgan fingerprint density at radius 2 is 1.93 bits per heavy atom. The Balaban J connectivity index is 1.55. The first kappa shape index (κ1) is 19.2. The van der Waals surface area contributed by atoms with E-state index in [-0.39, 0.29) is 12.0 Å². The number of methoxy groups -OCH3 is 1. The number of rotatable bonds is 6. The van der Waals surface area contributed by atoms with Gasteiger partial charge in [0.1, 0.15) is 5.75 Å². The second kappa shape index (κ2) is 8.91. The van der Waals surface area contributed by atoms with Gasteiger partial charge in [0.25, 0.3) is 0 Å². The van der Waals surface area contributed by atoms with E-state index < -0.39 is 0 Å². The zero-order valence-electron chi connectivity index (χ0n) is 16.3. The minimum absolute atomic E-state index is 0.00187. The summed E-state index contributed by atoms with van der Waals surface area (Å²) in [5.74, 6) is 0.825. The third-order valence-corrected chi connectivity index (χ3v) is 4.90. The molecule has 0 radical (unpaired) electrons. The van der Waals surface area contributed by atoms with Gasteiger partial charge in [0.2, 0.25) is 5.91 Å². The molecule has 2 aromatic rings. The van der Waals surface area contributed by atoms with Gasteiger partial charge < -0.3 is 19.7 Å². The molecule has 0 aromatic heterocycles. The van der Waals surface area contributed by atoms with E-state index in [0.29, 0.717) is 18.9 Å². The van der Waals surface area contributed by atoms with Gasteiger partial charge in [-0.2, -0.15) is 0 Å².